The summed E-state index contributed by atoms with van der Waals surface area (Å²) in [4.78, 5) is 6.59. The number of rotatable bonds is 6. The number of halogens is 3. The first-order chi connectivity index (χ1) is 11.2. The molecule has 0 amide bonds. The van der Waals surface area contributed by atoms with Crippen LogP contribution in [-0.2, 0) is 11.2 Å². The summed E-state index contributed by atoms with van der Waals surface area (Å²) < 4.78 is 19.0. The Hall–Kier alpha value is -0.450. The molecule has 1 fully saturated rings. The summed E-state index contributed by atoms with van der Waals surface area (Å²) in [7, 11) is 1.76. The van der Waals surface area contributed by atoms with E-state index in [4.69, 9.17) is 4.74 Å². The molecular formula is C16H25BrFIN4O. The number of hydrogen-bond donors (Lipinski definition) is 2. The highest BCUT2D eigenvalue weighted by Crippen LogP contribution is 2.16. The lowest BCUT2D eigenvalue weighted by Crippen LogP contribution is -2.44. The van der Waals surface area contributed by atoms with Gasteiger partial charge in [0.25, 0.3) is 0 Å². The van der Waals surface area contributed by atoms with Gasteiger partial charge in [-0.1, -0.05) is 6.07 Å². The Balaban J connectivity index is 0.00000288. The van der Waals surface area contributed by atoms with E-state index in [1.54, 1.807) is 13.1 Å². The summed E-state index contributed by atoms with van der Waals surface area (Å²) >= 11 is 3.21. The molecule has 2 rings (SSSR count). The van der Waals surface area contributed by atoms with Gasteiger partial charge in [0.1, 0.15) is 5.82 Å². The SMILES string of the molecule is CN=C(NCCc1ccc(F)c(Br)c1)NCCN1CCOCC1.I. The summed E-state index contributed by atoms with van der Waals surface area (Å²) in [5.74, 6) is 0.557. The summed E-state index contributed by atoms with van der Waals surface area (Å²) in [6.07, 6.45) is 0.809. The maximum absolute atomic E-state index is 13.2. The van der Waals surface area contributed by atoms with Gasteiger partial charge in [0.05, 0.1) is 17.7 Å². The zero-order valence-corrected chi connectivity index (χ0v) is 17.8. The van der Waals surface area contributed by atoms with E-state index >= 15 is 0 Å². The average molecular weight is 515 g/mol. The Morgan fingerprint density at radius 2 is 2.00 bits per heavy atom. The van der Waals surface area contributed by atoms with Gasteiger partial charge >= 0.3 is 0 Å². The molecule has 5 nitrogen and oxygen atoms in total. The van der Waals surface area contributed by atoms with Crippen molar-refractivity contribution in [2.45, 2.75) is 6.42 Å². The van der Waals surface area contributed by atoms with Crippen LogP contribution in [0, 0.1) is 5.82 Å². The predicted octanol–water partition coefficient (Wildman–Crippen LogP) is 2.25. The van der Waals surface area contributed by atoms with Crippen LogP contribution in [-0.4, -0.2) is 63.8 Å². The van der Waals surface area contributed by atoms with Crippen molar-refractivity contribution in [1.29, 1.82) is 0 Å². The standard InChI is InChI=1S/C16H24BrFN4O.HI/c1-19-16(21-6-7-22-8-10-23-11-9-22)20-5-4-13-2-3-15(18)14(17)12-13;/h2-3,12H,4-11H2,1H3,(H2,19,20,21);1H. The van der Waals surface area contributed by atoms with E-state index in [9.17, 15) is 4.39 Å². The molecule has 1 aliphatic rings. The summed E-state index contributed by atoms with van der Waals surface area (Å²) in [6.45, 7) is 6.20. The number of benzene rings is 1. The molecule has 1 saturated heterocycles. The largest absolute Gasteiger partial charge is 0.379 e. The Morgan fingerprint density at radius 1 is 1.29 bits per heavy atom. The maximum Gasteiger partial charge on any atom is 0.191 e. The molecule has 2 N–H and O–H groups in total. The highest BCUT2D eigenvalue weighted by molar-refractivity contribution is 14.0. The van der Waals surface area contributed by atoms with Gasteiger partial charge in [-0.3, -0.25) is 9.89 Å². The minimum Gasteiger partial charge on any atom is -0.379 e. The second-order valence-corrected chi connectivity index (χ2v) is 6.23. The lowest BCUT2D eigenvalue weighted by atomic mass is 10.1. The number of nitrogens with one attached hydrogen (secondary N) is 2. The number of hydrogen-bond acceptors (Lipinski definition) is 3. The first kappa shape index (κ1) is 21.6. The first-order valence-electron chi connectivity index (χ1n) is 7.87. The van der Waals surface area contributed by atoms with Gasteiger partial charge in [-0.15, -0.1) is 24.0 Å². The third-order valence-corrected chi connectivity index (χ3v) is 4.35. The molecule has 0 radical (unpaired) electrons. The van der Waals surface area contributed by atoms with Crippen LogP contribution in [0.2, 0.25) is 0 Å². The molecule has 0 bridgehead atoms. The van der Waals surface area contributed by atoms with Crippen LogP contribution in [0.15, 0.2) is 27.7 Å². The van der Waals surface area contributed by atoms with Crippen LogP contribution < -0.4 is 10.6 Å². The van der Waals surface area contributed by atoms with Gasteiger partial charge in [-0.25, -0.2) is 4.39 Å². The van der Waals surface area contributed by atoms with Crippen molar-refractivity contribution in [2.75, 3.05) is 53.0 Å². The van der Waals surface area contributed by atoms with E-state index in [1.807, 2.05) is 6.07 Å². The first-order valence-corrected chi connectivity index (χ1v) is 8.67. The van der Waals surface area contributed by atoms with E-state index < -0.39 is 0 Å². The van der Waals surface area contributed by atoms with Crippen LogP contribution in [0.5, 0.6) is 0 Å². The van der Waals surface area contributed by atoms with E-state index in [1.165, 1.54) is 6.07 Å². The van der Waals surface area contributed by atoms with Gasteiger partial charge in [-0.2, -0.15) is 0 Å². The second-order valence-electron chi connectivity index (χ2n) is 5.38. The summed E-state index contributed by atoms with van der Waals surface area (Å²) in [5.41, 5.74) is 1.08. The Kier molecular flexibility index (Phi) is 10.8. The molecule has 0 unspecified atom stereocenters. The average Bonchev–Trinajstić information content (AvgIpc) is 2.57. The minimum absolute atomic E-state index is 0. The van der Waals surface area contributed by atoms with Crippen molar-refractivity contribution in [1.82, 2.24) is 15.5 Å². The molecule has 0 saturated carbocycles. The smallest absolute Gasteiger partial charge is 0.191 e. The van der Waals surface area contributed by atoms with Crippen molar-refractivity contribution in [3.8, 4) is 0 Å². The second kappa shape index (κ2) is 12.0. The van der Waals surface area contributed by atoms with Crippen molar-refractivity contribution < 1.29 is 9.13 Å². The summed E-state index contributed by atoms with van der Waals surface area (Å²) in [5, 5.41) is 6.59. The molecule has 136 valence electrons. The van der Waals surface area contributed by atoms with Gasteiger partial charge in [0, 0.05) is 39.8 Å². The zero-order valence-electron chi connectivity index (χ0n) is 13.9. The third-order valence-electron chi connectivity index (χ3n) is 3.74. The quantitative estimate of drug-likeness (QED) is 0.347. The summed E-state index contributed by atoms with van der Waals surface area (Å²) in [6, 6.07) is 5.09. The molecule has 0 spiro atoms. The van der Waals surface area contributed by atoms with E-state index in [-0.39, 0.29) is 29.8 Å². The molecule has 1 aromatic rings. The third kappa shape index (κ3) is 7.62. The molecule has 1 aliphatic heterocycles. The number of ether oxygens (including phenoxy) is 1. The maximum atomic E-state index is 13.2. The zero-order chi connectivity index (χ0) is 16.5. The van der Waals surface area contributed by atoms with Crippen LogP contribution >= 0.6 is 39.9 Å². The van der Waals surface area contributed by atoms with E-state index in [0.717, 1.165) is 63.9 Å². The molecule has 8 heteroatoms. The molecule has 0 atom stereocenters. The van der Waals surface area contributed by atoms with E-state index in [2.05, 4.69) is 36.5 Å². The Labute approximate surface area is 168 Å². The van der Waals surface area contributed by atoms with Crippen LogP contribution in [0.1, 0.15) is 5.56 Å². The van der Waals surface area contributed by atoms with Gasteiger partial charge < -0.3 is 15.4 Å². The van der Waals surface area contributed by atoms with Crippen molar-refractivity contribution >= 4 is 45.9 Å². The van der Waals surface area contributed by atoms with Gasteiger partial charge in [-0.05, 0) is 40.0 Å². The normalized spacial score (nSPS) is 15.7. The fourth-order valence-electron chi connectivity index (χ4n) is 2.40. The topological polar surface area (TPSA) is 48.9 Å². The number of nitrogens with zero attached hydrogens (tertiary/aromatic N) is 2. The van der Waals surface area contributed by atoms with Crippen molar-refractivity contribution in [2.24, 2.45) is 4.99 Å². The number of morpholine rings is 1. The monoisotopic (exact) mass is 514 g/mol. The number of guanidine groups is 1. The molecule has 1 heterocycles. The van der Waals surface area contributed by atoms with Crippen LogP contribution in [0.4, 0.5) is 4.39 Å². The molecular weight excluding hydrogens is 490 g/mol. The van der Waals surface area contributed by atoms with Gasteiger partial charge in [0.15, 0.2) is 5.96 Å². The lowest BCUT2D eigenvalue weighted by Gasteiger charge is -2.26. The van der Waals surface area contributed by atoms with Gasteiger partial charge in [0.2, 0.25) is 0 Å². The Morgan fingerprint density at radius 3 is 2.67 bits per heavy atom. The Bertz CT molecular complexity index is 527. The lowest BCUT2D eigenvalue weighted by molar-refractivity contribution is 0.0389. The fourth-order valence-corrected chi connectivity index (χ4v) is 2.82. The fraction of sp³-hybridized carbons (Fsp3) is 0.562. The van der Waals surface area contributed by atoms with Crippen molar-refractivity contribution in [3.05, 3.63) is 34.1 Å². The predicted molar refractivity (Wildman–Crippen MR) is 110 cm³/mol. The molecule has 1 aromatic carbocycles. The highest BCUT2D eigenvalue weighted by atomic mass is 127. The number of aliphatic imine (C=N–C) groups is 1. The van der Waals surface area contributed by atoms with Crippen molar-refractivity contribution in [3.63, 3.8) is 0 Å². The molecule has 0 aromatic heterocycles. The van der Waals surface area contributed by atoms with Crippen LogP contribution in [0.3, 0.4) is 0 Å². The van der Waals surface area contributed by atoms with E-state index in [0.29, 0.717) is 4.47 Å². The minimum atomic E-state index is -0.234. The molecule has 24 heavy (non-hydrogen) atoms. The van der Waals surface area contributed by atoms with Crippen LogP contribution in [0.25, 0.3) is 0 Å². The molecule has 0 aliphatic carbocycles. The highest BCUT2D eigenvalue weighted by Gasteiger charge is 2.09.